The largest absolute Gasteiger partial charge is 0.374 e. The van der Waals surface area contributed by atoms with E-state index >= 15 is 0 Å². The molecule has 1 heterocycles. The molecule has 4 nitrogen and oxygen atoms in total. The summed E-state index contributed by atoms with van der Waals surface area (Å²) in [6.07, 6.45) is 3.32. The second kappa shape index (κ2) is 4.53. The fourth-order valence-electron chi connectivity index (χ4n) is 1.60. The number of carbonyl (C=O) groups excluding carboxylic acids is 1. The number of ketones is 1. The molecule has 17 heavy (non-hydrogen) atoms. The molecule has 94 valence electrons. The van der Waals surface area contributed by atoms with Gasteiger partial charge in [0.1, 0.15) is 5.78 Å². The van der Waals surface area contributed by atoms with Gasteiger partial charge in [0.25, 0.3) is 0 Å². The van der Waals surface area contributed by atoms with Crippen LogP contribution in [0.5, 0.6) is 0 Å². The molecule has 0 bridgehead atoms. The summed E-state index contributed by atoms with van der Waals surface area (Å²) in [5.74, 6) is 0.0960. The minimum absolute atomic E-state index is 0.0960. The molecule has 0 unspecified atom stereocenters. The average Bonchev–Trinajstić information content (AvgIpc) is 2.29. The van der Waals surface area contributed by atoms with E-state index in [4.69, 9.17) is 4.74 Å². The molecule has 0 aliphatic carbocycles. The Morgan fingerprint density at radius 2 is 1.59 bits per heavy atom. The highest BCUT2D eigenvalue weighted by Gasteiger charge is 2.34. The van der Waals surface area contributed by atoms with Crippen molar-refractivity contribution in [3.63, 3.8) is 0 Å². The Morgan fingerprint density at radius 3 is 2.00 bits per heavy atom. The minimum Gasteiger partial charge on any atom is -0.374 e. The fraction of sp³-hybridized carbons (Fsp3) is 0.615. The van der Waals surface area contributed by atoms with Gasteiger partial charge >= 0.3 is 0 Å². The molecule has 1 aromatic rings. The van der Waals surface area contributed by atoms with E-state index in [-0.39, 0.29) is 5.78 Å². The number of hydrogen-bond acceptors (Lipinski definition) is 4. The molecule has 0 radical (unpaired) electrons. The van der Waals surface area contributed by atoms with Crippen molar-refractivity contribution in [1.29, 1.82) is 0 Å². The third-order valence-corrected chi connectivity index (χ3v) is 3.44. The van der Waals surface area contributed by atoms with Gasteiger partial charge in [-0.3, -0.25) is 4.79 Å². The number of carbonyl (C=O) groups is 1. The Morgan fingerprint density at radius 1 is 1.12 bits per heavy atom. The van der Waals surface area contributed by atoms with Crippen molar-refractivity contribution in [2.75, 3.05) is 7.11 Å². The lowest BCUT2D eigenvalue weighted by molar-refractivity contribution is -0.121. The van der Waals surface area contributed by atoms with E-state index in [0.29, 0.717) is 0 Å². The predicted octanol–water partition coefficient (Wildman–Crippen LogP) is 2.22. The van der Waals surface area contributed by atoms with Crippen LogP contribution in [0.15, 0.2) is 12.4 Å². The fourth-order valence-corrected chi connectivity index (χ4v) is 1.60. The third kappa shape index (κ3) is 2.52. The van der Waals surface area contributed by atoms with E-state index in [9.17, 15) is 4.79 Å². The van der Waals surface area contributed by atoms with Gasteiger partial charge in [-0.2, -0.15) is 10.2 Å². The molecule has 4 heteroatoms. The Balaban J connectivity index is 3.41. The van der Waals surface area contributed by atoms with Crippen LogP contribution in [0.25, 0.3) is 0 Å². The molecule has 0 N–H and O–H groups in total. The van der Waals surface area contributed by atoms with Crippen LogP contribution in [0.4, 0.5) is 0 Å². The van der Waals surface area contributed by atoms with E-state index in [1.54, 1.807) is 26.4 Å². The predicted molar refractivity (Wildman–Crippen MR) is 65.8 cm³/mol. The smallest absolute Gasteiger partial charge is 0.139 e. The first-order chi connectivity index (χ1) is 7.73. The van der Waals surface area contributed by atoms with Gasteiger partial charge in [-0.1, -0.05) is 0 Å². The van der Waals surface area contributed by atoms with Gasteiger partial charge < -0.3 is 4.74 Å². The van der Waals surface area contributed by atoms with Crippen LogP contribution in [0.1, 0.15) is 45.7 Å². The lowest BCUT2D eigenvalue weighted by Crippen LogP contribution is -2.32. The summed E-state index contributed by atoms with van der Waals surface area (Å²) in [6, 6.07) is 0. The van der Waals surface area contributed by atoms with Crippen molar-refractivity contribution in [2.24, 2.45) is 0 Å². The molecular formula is C13H20N2O2. The second-order valence-electron chi connectivity index (χ2n) is 5.21. The van der Waals surface area contributed by atoms with E-state index in [2.05, 4.69) is 10.2 Å². The Kier molecular flexibility index (Phi) is 3.67. The number of ether oxygens (including phenoxy) is 1. The van der Waals surface area contributed by atoms with Crippen LogP contribution in [-0.2, 0) is 20.5 Å². The molecule has 0 spiro atoms. The summed E-state index contributed by atoms with van der Waals surface area (Å²) in [7, 11) is 1.64. The lowest BCUT2D eigenvalue weighted by Gasteiger charge is -2.31. The maximum absolute atomic E-state index is 11.7. The lowest BCUT2D eigenvalue weighted by atomic mass is 9.77. The van der Waals surface area contributed by atoms with Crippen molar-refractivity contribution in [2.45, 2.75) is 45.6 Å². The quantitative estimate of drug-likeness (QED) is 0.804. The van der Waals surface area contributed by atoms with Crippen LogP contribution in [0, 0.1) is 0 Å². The topological polar surface area (TPSA) is 52.1 Å². The Hall–Kier alpha value is -1.29. The number of aromatic nitrogens is 2. The van der Waals surface area contributed by atoms with Crippen molar-refractivity contribution >= 4 is 5.78 Å². The molecule has 0 aliphatic heterocycles. The van der Waals surface area contributed by atoms with E-state index in [1.807, 2.05) is 27.7 Å². The first-order valence-corrected chi connectivity index (χ1v) is 5.61. The van der Waals surface area contributed by atoms with Crippen LogP contribution in [-0.4, -0.2) is 23.1 Å². The van der Waals surface area contributed by atoms with E-state index in [0.717, 1.165) is 11.1 Å². The summed E-state index contributed by atoms with van der Waals surface area (Å²) in [4.78, 5) is 11.7. The zero-order chi connectivity index (χ0) is 13.3. The Labute approximate surface area is 102 Å². The van der Waals surface area contributed by atoms with E-state index < -0.39 is 11.0 Å². The molecule has 0 atom stereocenters. The van der Waals surface area contributed by atoms with Gasteiger partial charge in [-0.05, 0) is 40.2 Å². The zero-order valence-corrected chi connectivity index (χ0v) is 11.4. The first-order valence-electron chi connectivity index (χ1n) is 5.61. The standard InChI is InChI=1S/C13H20N2O2/c1-9(16)12(2,3)10-7-14-15-8-11(10)13(4,5)17-6/h7-8H,1-6H3. The number of rotatable bonds is 4. The Bertz CT molecular complexity index is 425. The van der Waals surface area contributed by atoms with E-state index in [1.165, 1.54) is 0 Å². The normalized spacial score (nSPS) is 12.6. The van der Waals surface area contributed by atoms with Crippen LogP contribution < -0.4 is 0 Å². The van der Waals surface area contributed by atoms with Crippen molar-refractivity contribution in [3.8, 4) is 0 Å². The van der Waals surface area contributed by atoms with Gasteiger partial charge in [-0.25, -0.2) is 0 Å². The van der Waals surface area contributed by atoms with Crippen molar-refractivity contribution in [3.05, 3.63) is 23.5 Å². The first kappa shape index (κ1) is 13.8. The number of hydrogen-bond donors (Lipinski definition) is 0. The van der Waals surface area contributed by atoms with Crippen LogP contribution in [0.3, 0.4) is 0 Å². The maximum atomic E-state index is 11.7. The maximum Gasteiger partial charge on any atom is 0.139 e. The van der Waals surface area contributed by atoms with Gasteiger partial charge in [0, 0.05) is 18.1 Å². The van der Waals surface area contributed by atoms with Crippen LogP contribution in [0.2, 0.25) is 0 Å². The molecular weight excluding hydrogens is 216 g/mol. The highest BCUT2D eigenvalue weighted by molar-refractivity contribution is 5.87. The molecule has 0 saturated heterocycles. The minimum atomic E-state index is -0.582. The molecule has 0 aromatic carbocycles. The molecule has 1 rings (SSSR count). The van der Waals surface area contributed by atoms with Crippen LogP contribution >= 0.6 is 0 Å². The van der Waals surface area contributed by atoms with Crippen molar-refractivity contribution in [1.82, 2.24) is 10.2 Å². The highest BCUT2D eigenvalue weighted by Crippen LogP contribution is 2.33. The monoisotopic (exact) mass is 236 g/mol. The number of methoxy groups -OCH3 is 1. The SMILES string of the molecule is COC(C)(C)c1cnncc1C(C)(C)C(C)=O. The van der Waals surface area contributed by atoms with Gasteiger partial charge in [0.2, 0.25) is 0 Å². The number of Topliss-reactive ketones (excluding diaryl/α,β-unsaturated/α-hetero) is 1. The van der Waals surface area contributed by atoms with Gasteiger partial charge in [-0.15, -0.1) is 0 Å². The van der Waals surface area contributed by atoms with Gasteiger partial charge in [0.05, 0.1) is 18.0 Å². The van der Waals surface area contributed by atoms with Gasteiger partial charge in [0.15, 0.2) is 0 Å². The summed E-state index contributed by atoms with van der Waals surface area (Å²) in [6.45, 7) is 9.26. The summed E-state index contributed by atoms with van der Waals surface area (Å²) in [5, 5.41) is 7.78. The molecule has 0 amide bonds. The molecule has 0 aliphatic rings. The van der Waals surface area contributed by atoms with Crippen molar-refractivity contribution < 1.29 is 9.53 Å². The number of nitrogens with zero attached hydrogens (tertiary/aromatic N) is 2. The highest BCUT2D eigenvalue weighted by atomic mass is 16.5. The summed E-state index contributed by atoms with van der Waals surface area (Å²) in [5.41, 5.74) is 0.695. The molecule has 0 fully saturated rings. The second-order valence-corrected chi connectivity index (χ2v) is 5.21. The zero-order valence-electron chi connectivity index (χ0n) is 11.4. The third-order valence-electron chi connectivity index (χ3n) is 3.44. The average molecular weight is 236 g/mol. The summed E-state index contributed by atoms with van der Waals surface area (Å²) >= 11 is 0. The molecule has 1 aromatic heterocycles. The molecule has 0 saturated carbocycles. The summed E-state index contributed by atoms with van der Waals surface area (Å²) < 4.78 is 5.46.